The van der Waals surface area contributed by atoms with Crippen molar-refractivity contribution >= 4 is 12.1 Å². The second-order valence-corrected chi connectivity index (χ2v) is 9.57. The van der Waals surface area contributed by atoms with E-state index in [-0.39, 0.29) is 12.1 Å². The standard InChI is InChI=1S/C22H43N5O2/c1-6-23-20(24-12-7-8-13-26-14-9-10-18(2)16-26)27-15-11-19(17-27)25-21(28)29-22(3,4)5/h18-19H,6-17H2,1-5H3,(H,23,24)(H,25,28). The van der Waals surface area contributed by atoms with Crippen LogP contribution in [0.4, 0.5) is 4.79 Å². The molecule has 0 aromatic carbocycles. The summed E-state index contributed by atoms with van der Waals surface area (Å²) in [7, 11) is 0. The molecule has 0 aromatic heterocycles. The third-order valence-corrected chi connectivity index (χ3v) is 5.43. The predicted molar refractivity (Wildman–Crippen MR) is 119 cm³/mol. The largest absolute Gasteiger partial charge is 0.444 e. The Morgan fingerprint density at radius 2 is 1.97 bits per heavy atom. The maximum Gasteiger partial charge on any atom is 0.407 e. The van der Waals surface area contributed by atoms with Gasteiger partial charge in [0.2, 0.25) is 0 Å². The Bertz CT molecular complexity index is 532. The van der Waals surface area contributed by atoms with E-state index in [2.05, 4.69) is 34.3 Å². The third kappa shape index (κ3) is 9.24. The van der Waals surface area contributed by atoms with Crippen LogP contribution in [0, 0.1) is 5.92 Å². The van der Waals surface area contributed by atoms with Crippen LogP contribution in [0.25, 0.3) is 0 Å². The lowest BCUT2D eigenvalue weighted by molar-refractivity contribution is 0.0507. The number of unbranched alkanes of at least 4 members (excludes halogenated alkanes) is 1. The van der Waals surface area contributed by atoms with Gasteiger partial charge in [-0.25, -0.2) is 4.79 Å². The van der Waals surface area contributed by atoms with Gasteiger partial charge in [0, 0.05) is 32.7 Å². The van der Waals surface area contributed by atoms with E-state index < -0.39 is 5.60 Å². The first-order valence-corrected chi connectivity index (χ1v) is 11.5. The molecule has 0 aromatic rings. The molecule has 0 radical (unpaired) electrons. The van der Waals surface area contributed by atoms with Gasteiger partial charge in [-0.15, -0.1) is 0 Å². The van der Waals surface area contributed by atoms with Crippen molar-refractivity contribution in [2.45, 2.75) is 78.4 Å². The maximum absolute atomic E-state index is 12.0. The van der Waals surface area contributed by atoms with Crippen molar-refractivity contribution in [1.29, 1.82) is 0 Å². The summed E-state index contributed by atoms with van der Waals surface area (Å²) >= 11 is 0. The first-order valence-electron chi connectivity index (χ1n) is 11.5. The van der Waals surface area contributed by atoms with E-state index in [0.29, 0.717) is 0 Å². The molecule has 0 spiro atoms. The Hall–Kier alpha value is -1.50. The minimum Gasteiger partial charge on any atom is -0.444 e. The molecule has 168 valence electrons. The zero-order valence-corrected chi connectivity index (χ0v) is 19.3. The quantitative estimate of drug-likeness (QED) is 0.384. The van der Waals surface area contributed by atoms with Crippen LogP contribution in [0.2, 0.25) is 0 Å². The number of ether oxygens (including phenoxy) is 1. The molecule has 0 saturated carbocycles. The Morgan fingerprint density at radius 3 is 2.66 bits per heavy atom. The van der Waals surface area contributed by atoms with Gasteiger partial charge in [-0.05, 0) is 78.8 Å². The SMILES string of the molecule is CCNC(=NCCCCN1CCCC(C)C1)N1CCC(NC(=O)OC(C)(C)C)C1. The van der Waals surface area contributed by atoms with Crippen LogP contribution in [0.15, 0.2) is 4.99 Å². The second kappa shape index (κ2) is 11.6. The minimum atomic E-state index is -0.467. The number of alkyl carbamates (subject to hydrolysis) is 1. The van der Waals surface area contributed by atoms with Crippen molar-refractivity contribution in [1.82, 2.24) is 20.4 Å². The molecule has 0 bridgehead atoms. The number of aliphatic imine (C=N–C) groups is 1. The molecule has 2 saturated heterocycles. The molecule has 2 rings (SSSR count). The summed E-state index contributed by atoms with van der Waals surface area (Å²) in [5.74, 6) is 1.81. The van der Waals surface area contributed by atoms with Gasteiger partial charge in [-0.3, -0.25) is 4.99 Å². The van der Waals surface area contributed by atoms with Crippen LogP contribution in [-0.2, 0) is 4.74 Å². The summed E-state index contributed by atoms with van der Waals surface area (Å²) in [5, 5.41) is 6.39. The van der Waals surface area contributed by atoms with Crippen molar-refractivity contribution in [3.63, 3.8) is 0 Å². The number of nitrogens with zero attached hydrogens (tertiary/aromatic N) is 3. The van der Waals surface area contributed by atoms with E-state index >= 15 is 0 Å². The topological polar surface area (TPSA) is 69.2 Å². The van der Waals surface area contributed by atoms with Gasteiger partial charge in [0.1, 0.15) is 5.60 Å². The van der Waals surface area contributed by atoms with E-state index in [0.717, 1.165) is 50.9 Å². The van der Waals surface area contributed by atoms with E-state index in [1.807, 2.05) is 20.8 Å². The summed E-state index contributed by atoms with van der Waals surface area (Å²) in [4.78, 5) is 21.7. The highest BCUT2D eigenvalue weighted by atomic mass is 16.6. The molecular formula is C22H43N5O2. The van der Waals surface area contributed by atoms with E-state index in [9.17, 15) is 4.79 Å². The third-order valence-electron chi connectivity index (χ3n) is 5.43. The van der Waals surface area contributed by atoms with Gasteiger partial charge < -0.3 is 25.2 Å². The van der Waals surface area contributed by atoms with Crippen molar-refractivity contribution in [3.05, 3.63) is 0 Å². The van der Waals surface area contributed by atoms with Gasteiger partial charge >= 0.3 is 6.09 Å². The molecule has 7 nitrogen and oxygen atoms in total. The first kappa shape index (κ1) is 23.8. The summed E-state index contributed by atoms with van der Waals surface area (Å²) in [6.07, 6.45) is 5.63. The summed E-state index contributed by atoms with van der Waals surface area (Å²) in [6, 6.07) is 0.106. The number of nitrogens with one attached hydrogen (secondary N) is 2. The number of rotatable bonds is 7. The van der Waals surface area contributed by atoms with Crippen LogP contribution < -0.4 is 10.6 Å². The highest BCUT2D eigenvalue weighted by Crippen LogP contribution is 2.16. The smallest absolute Gasteiger partial charge is 0.407 e. The highest BCUT2D eigenvalue weighted by molar-refractivity contribution is 5.80. The normalized spacial score (nSPS) is 23.9. The van der Waals surface area contributed by atoms with E-state index in [1.165, 1.54) is 38.9 Å². The molecule has 1 amide bonds. The molecule has 2 heterocycles. The average Bonchev–Trinajstić information content (AvgIpc) is 3.07. The summed E-state index contributed by atoms with van der Waals surface area (Å²) < 4.78 is 5.37. The van der Waals surface area contributed by atoms with Crippen LogP contribution in [0.3, 0.4) is 0 Å². The Kier molecular flexibility index (Phi) is 9.53. The number of carbonyl (C=O) groups excluding carboxylic acids is 1. The fraction of sp³-hybridized carbons (Fsp3) is 0.909. The van der Waals surface area contributed by atoms with Crippen molar-refractivity contribution < 1.29 is 9.53 Å². The molecule has 2 fully saturated rings. The number of piperidine rings is 1. The first-order chi connectivity index (χ1) is 13.8. The highest BCUT2D eigenvalue weighted by Gasteiger charge is 2.27. The average molecular weight is 410 g/mol. The zero-order chi connectivity index (χ0) is 21.3. The molecular weight excluding hydrogens is 366 g/mol. The van der Waals surface area contributed by atoms with Gasteiger partial charge in [0.15, 0.2) is 5.96 Å². The van der Waals surface area contributed by atoms with Crippen molar-refractivity contribution in [2.24, 2.45) is 10.9 Å². The number of hydrogen-bond donors (Lipinski definition) is 2. The molecule has 2 unspecified atom stereocenters. The predicted octanol–water partition coefficient (Wildman–Crippen LogP) is 3.06. The van der Waals surface area contributed by atoms with E-state index in [4.69, 9.17) is 9.73 Å². The Morgan fingerprint density at radius 1 is 1.17 bits per heavy atom. The second-order valence-electron chi connectivity index (χ2n) is 9.57. The fourth-order valence-electron chi connectivity index (χ4n) is 4.09. The van der Waals surface area contributed by atoms with Crippen molar-refractivity contribution in [3.8, 4) is 0 Å². The van der Waals surface area contributed by atoms with Gasteiger partial charge in [-0.2, -0.15) is 0 Å². The molecule has 2 atom stereocenters. The molecule has 2 aliphatic heterocycles. The monoisotopic (exact) mass is 409 g/mol. The van der Waals surface area contributed by atoms with Gasteiger partial charge in [-0.1, -0.05) is 6.92 Å². The molecule has 2 aliphatic rings. The molecule has 2 N–H and O–H groups in total. The van der Waals surface area contributed by atoms with Crippen molar-refractivity contribution in [2.75, 3.05) is 45.8 Å². The van der Waals surface area contributed by atoms with Gasteiger partial charge in [0.25, 0.3) is 0 Å². The number of likely N-dealkylation sites (tertiary alicyclic amines) is 2. The summed E-state index contributed by atoms with van der Waals surface area (Å²) in [6.45, 7) is 17.2. The molecule has 7 heteroatoms. The number of guanidine groups is 1. The van der Waals surface area contributed by atoms with Crippen LogP contribution in [0.5, 0.6) is 0 Å². The van der Waals surface area contributed by atoms with E-state index in [1.54, 1.807) is 0 Å². The van der Waals surface area contributed by atoms with Crippen LogP contribution >= 0.6 is 0 Å². The maximum atomic E-state index is 12.0. The number of hydrogen-bond acceptors (Lipinski definition) is 4. The molecule has 0 aliphatic carbocycles. The molecule has 29 heavy (non-hydrogen) atoms. The lowest BCUT2D eigenvalue weighted by atomic mass is 10.0. The zero-order valence-electron chi connectivity index (χ0n) is 19.3. The van der Waals surface area contributed by atoms with Gasteiger partial charge in [0.05, 0.1) is 6.04 Å². The van der Waals surface area contributed by atoms with Crippen LogP contribution in [-0.4, -0.2) is 79.3 Å². The Labute approximate surface area is 177 Å². The Balaban J connectivity index is 1.71. The lowest BCUT2D eigenvalue weighted by Crippen LogP contribution is -2.44. The summed E-state index contributed by atoms with van der Waals surface area (Å²) in [5.41, 5.74) is -0.467. The minimum absolute atomic E-state index is 0.106. The fourth-order valence-corrected chi connectivity index (χ4v) is 4.09. The lowest BCUT2D eigenvalue weighted by Gasteiger charge is -2.30. The number of amides is 1. The number of carbonyl (C=O) groups is 1. The van der Waals surface area contributed by atoms with Crippen LogP contribution in [0.1, 0.15) is 66.7 Å².